The van der Waals surface area contributed by atoms with Crippen molar-refractivity contribution in [3.8, 4) is 0 Å². The Bertz CT molecular complexity index is 409. The fourth-order valence-electron chi connectivity index (χ4n) is 1.19. The first-order valence-electron chi connectivity index (χ1n) is 5.29. The first-order valence-corrected chi connectivity index (χ1v) is 7.31. The van der Waals surface area contributed by atoms with Crippen LogP contribution in [0.15, 0.2) is 27.1 Å². The summed E-state index contributed by atoms with van der Waals surface area (Å²) in [6, 6.07) is 5.48. The van der Waals surface area contributed by atoms with Crippen molar-refractivity contribution in [1.82, 2.24) is 5.32 Å². The van der Waals surface area contributed by atoms with E-state index in [4.69, 9.17) is 11.6 Å². The number of hydrogen-bond acceptors (Lipinski definition) is 1. The molecule has 1 aromatic rings. The number of carbonyl (C=O) groups excluding carboxylic acids is 1. The van der Waals surface area contributed by atoms with Gasteiger partial charge in [-0.15, -0.1) is 11.6 Å². The van der Waals surface area contributed by atoms with Gasteiger partial charge in [0.25, 0.3) is 5.91 Å². The Morgan fingerprint density at radius 3 is 2.65 bits per heavy atom. The zero-order valence-corrected chi connectivity index (χ0v) is 13.6. The first-order chi connectivity index (χ1) is 7.91. The van der Waals surface area contributed by atoms with E-state index in [1.165, 1.54) is 0 Å². The molecule has 2 nitrogen and oxygen atoms in total. The maximum atomic E-state index is 11.9. The van der Waals surface area contributed by atoms with Crippen molar-refractivity contribution in [3.05, 3.63) is 32.7 Å². The normalized spacial score (nSPS) is 12.6. The van der Waals surface area contributed by atoms with Crippen LogP contribution in [-0.4, -0.2) is 17.8 Å². The Morgan fingerprint density at radius 1 is 1.41 bits per heavy atom. The summed E-state index contributed by atoms with van der Waals surface area (Å²) in [5, 5.41) is 2.78. The van der Waals surface area contributed by atoms with Crippen molar-refractivity contribution in [1.29, 1.82) is 0 Å². The molecule has 17 heavy (non-hydrogen) atoms. The summed E-state index contributed by atoms with van der Waals surface area (Å²) in [4.78, 5) is 11.9. The van der Waals surface area contributed by atoms with Gasteiger partial charge < -0.3 is 5.32 Å². The number of carbonyl (C=O) groups is 1. The minimum Gasteiger partial charge on any atom is -0.351 e. The Hall–Kier alpha value is -0.0600. The first kappa shape index (κ1) is 15.0. The SMILES string of the molecule is CC(C)C(Cl)CNC(=O)c1cc(Br)ccc1Br. The molecule has 1 amide bonds. The molecule has 0 aliphatic heterocycles. The monoisotopic (exact) mass is 381 g/mol. The molecule has 94 valence electrons. The molecule has 5 heteroatoms. The van der Waals surface area contributed by atoms with Crippen molar-refractivity contribution in [2.45, 2.75) is 19.2 Å². The maximum Gasteiger partial charge on any atom is 0.252 e. The van der Waals surface area contributed by atoms with Crippen LogP contribution in [-0.2, 0) is 0 Å². The van der Waals surface area contributed by atoms with Crippen LogP contribution in [0, 0.1) is 5.92 Å². The summed E-state index contributed by atoms with van der Waals surface area (Å²) in [5.74, 6) is 0.215. The molecule has 0 radical (unpaired) electrons. The standard InChI is InChI=1S/C12H14Br2ClNO/c1-7(2)11(15)6-16-12(17)9-5-8(13)3-4-10(9)14/h3-5,7,11H,6H2,1-2H3,(H,16,17). The zero-order chi connectivity index (χ0) is 13.0. The van der Waals surface area contributed by atoms with Crippen molar-refractivity contribution < 1.29 is 4.79 Å². The molecule has 0 aromatic heterocycles. The fraction of sp³-hybridized carbons (Fsp3) is 0.417. The lowest BCUT2D eigenvalue weighted by Gasteiger charge is -2.14. The van der Waals surface area contributed by atoms with Crippen LogP contribution in [0.3, 0.4) is 0 Å². The largest absolute Gasteiger partial charge is 0.351 e. The zero-order valence-electron chi connectivity index (χ0n) is 9.64. The summed E-state index contributed by atoms with van der Waals surface area (Å²) in [6.45, 7) is 4.52. The van der Waals surface area contributed by atoms with Gasteiger partial charge in [0.1, 0.15) is 0 Å². The number of halogens is 3. The van der Waals surface area contributed by atoms with Gasteiger partial charge in [-0.25, -0.2) is 0 Å². The van der Waals surface area contributed by atoms with E-state index in [1.807, 2.05) is 26.0 Å². The van der Waals surface area contributed by atoms with Crippen molar-refractivity contribution >= 4 is 49.4 Å². The van der Waals surface area contributed by atoms with Crippen LogP contribution in [0.1, 0.15) is 24.2 Å². The van der Waals surface area contributed by atoms with E-state index < -0.39 is 0 Å². The number of alkyl halides is 1. The van der Waals surface area contributed by atoms with Gasteiger partial charge in [-0.1, -0.05) is 29.8 Å². The lowest BCUT2D eigenvalue weighted by atomic mass is 10.1. The van der Waals surface area contributed by atoms with E-state index in [9.17, 15) is 4.79 Å². The van der Waals surface area contributed by atoms with Gasteiger partial charge in [-0.2, -0.15) is 0 Å². The second kappa shape index (κ2) is 6.76. The van der Waals surface area contributed by atoms with Gasteiger partial charge >= 0.3 is 0 Å². The van der Waals surface area contributed by atoms with E-state index in [1.54, 1.807) is 6.07 Å². The van der Waals surface area contributed by atoms with Crippen LogP contribution >= 0.6 is 43.5 Å². The van der Waals surface area contributed by atoms with Gasteiger partial charge in [-0.05, 0) is 40.0 Å². The lowest BCUT2D eigenvalue weighted by molar-refractivity contribution is 0.0951. The molecule has 0 fully saturated rings. The van der Waals surface area contributed by atoms with E-state index >= 15 is 0 Å². The molecule has 1 rings (SSSR count). The maximum absolute atomic E-state index is 11.9. The summed E-state index contributed by atoms with van der Waals surface area (Å²) >= 11 is 12.8. The highest BCUT2D eigenvalue weighted by Gasteiger charge is 2.14. The third-order valence-electron chi connectivity index (χ3n) is 2.35. The minimum atomic E-state index is -0.121. The molecular formula is C12H14Br2ClNO. The molecular weight excluding hydrogens is 369 g/mol. The van der Waals surface area contributed by atoms with E-state index in [2.05, 4.69) is 37.2 Å². The van der Waals surface area contributed by atoms with Crippen molar-refractivity contribution in [3.63, 3.8) is 0 Å². The molecule has 0 saturated heterocycles. The average Bonchev–Trinajstić information content (AvgIpc) is 2.28. The number of rotatable bonds is 4. The van der Waals surface area contributed by atoms with Crippen molar-refractivity contribution in [2.75, 3.05) is 6.54 Å². The van der Waals surface area contributed by atoms with Crippen LogP contribution < -0.4 is 5.32 Å². The van der Waals surface area contributed by atoms with Gasteiger partial charge in [0, 0.05) is 15.5 Å². The average molecular weight is 384 g/mol. The van der Waals surface area contributed by atoms with Crippen LogP contribution in [0.4, 0.5) is 0 Å². The molecule has 0 bridgehead atoms. The Morgan fingerprint density at radius 2 is 2.06 bits per heavy atom. The summed E-state index contributed by atoms with van der Waals surface area (Å²) in [5.41, 5.74) is 0.604. The summed E-state index contributed by atoms with van der Waals surface area (Å²) in [7, 11) is 0. The van der Waals surface area contributed by atoms with Crippen LogP contribution in [0.2, 0.25) is 0 Å². The van der Waals surface area contributed by atoms with E-state index in [-0.39, 0.29) is 11.3 Å². The molecule has 1 unspecified atom stereocenters. The van der Waals surface area contributed by atoms with Crippen LogP contribution in [0.25, 0.3) is 0 Å². The number of amides is 1. The van der Waals surface area contributed by atoms with Gasteiger partial charge in [0.15, 0.2) is 0 Å². The molecule has 1 aromatic carbocycles. The van der Waals surface area contributed by atoms with Gasteiger partial charge in [0.05, 0.1) is 10.9 Å². The third kappa shape index (κ3) is 4.60. The van der Waals surface area contributed by atoms with Gasteiger partial charge in [0.2, 0.25) is 0 Å². The predicted octanol–water partition coefficient (Wildman–Crippen LogP) is 4.20. The number of nitrogens with one attached hydrogen (secondary N) is 1. The Kier molecular flexibility index (Phi) is 5.97. The minimum absolute atomic E-state index is 0.0510. The van der Waals surface area contributed by atoms with Gasteiger partial charge in [-0.3, -0.25) is 4.79 Å². The number of benzene rings is 1. The van der Waals surface area contributed by atoms with Crippen molar-refractivity contribution in [2.24, 2.45) is 5.92 Å². The number of hydrogen-bond donors (Lipinski definition) is 1. The predicted molar refractivity (Wildman–Crippen MR) is 78.7 cm³/mol. The quantitative estimate of drug-likeness (QED) is 0.776. The Balaban J connectivity index is 2.67. The fourth-order valence-corrected chi connectivity index (χ4v) is 2.06. The summed E-state index contributed by atoms with van der Waals surface area (Å²) in [6.07, 6.45) is 0. The molecule has 0 heterocycles. The molecule has 1 N–H and O–H groups in total. The van der Waals surface area contributed by atoms with Crippen LogP contribution in [0.5, 0.6) is 0 Å². The molecule has 0 aliphatic rings. The molecule has 1 atom stereocenters. The highest BCUT2D eigenvalue weighted by atomic mass is 79.9. The Labute approximate surface area is 123 Å². The third-order valence-corrected chi connectivity index (χ3v) is 4.20. The topological polar surface area (TPSA) is 29.1 Å². The second-order valence-electron chi connectivity index (χ2n) is 4.09. The molecule has 0 aliphatic carbocycles. The second-order valence-corrected chi connectivity index (χ2v) is 6.42. The smallest absolute Gasteiger partial charge is 0.252 e. The molecule has 0 saturated carbocycles. The highest BCUT2D eigenvalue weighted by Crippen LogP contribution is 2.21. The summed E-state index contributed by atoms with van der Waals surface area (Å²) < 4.78 is 1.64. The van der Waals surface area contributed by atoms with E-state index in [0.29, 0.717) is 18.0 Å². The molecule has 0 spiro atoms. The van der Waals surface area contributed by atoms with E-state index in [0.717, 1.165) is 8.95 Å². The highest BCUT2D eigenvalue weighted by molar-refractivity contribution is 9.11. The lowest BCUT2D eigenvalue weighted by Crippen LogP contribution is -2.32.